The van der Waals surface area contributed by atoms with Gasteiger partial charge < -0.3 is 9.73 Å². The largest absolute Gasteiger partial charge is 0.458 e. The van der Waals surface area contributed by atoms with Crippen LogP contribution in [0.1, 0.15) is 21.1 Å². The van der Waals surface area contributed by atoms with Gasteiger partial charge in [0.15, 0.2) is 5.76 Å². The van der Waals surface area contributed by atoms with Crippen molar-refractivity contribution >= 4 is 40.4 Å². The summed E-state index contributed by atoms with van der Waals surface area (Å²) >= 11 is 13.1. The highest BCUT2D eigenvalue weighted by molar-refractivity contribution is 7.09. The van der Waals surface area contributed by atoms with Crippen LogP contribution in [-0.4, -0.2) is 10.9 Å². The number of furan rings is 1. The van der Waals surface area contributed by atoms with Crippen molar-refractivity contribution in [3.05, 3.63) is 61.8 Å². The Kier molecular flexibility index (Phi) is 4.89. The first-order valence-corrected chi connectivity index (χ1v) is 8.51. The third kappa shape index (κ3) is 3.61. The number of amides is 1. The molecule has 0 bridgehead atoms. The van der Waals surface area contributed by atoms with Crippen molar-refractivity contribution in [2.45, 2.75) is 13.5 Å². The van der Waals surface area contributed by atoms with Crippen LogP contribution >= 0.6 is 34.5 Å². The molecular formula is C16H11Cl2FN2O2S. The number of hydrogen-bond acceptors (Lipinski definition) is 4. The molecule has 0 aliphatic carbocycles. The minimum Gasteiger partial charge on any atom is -0.458 e. The van der Waals surface area contributed by atoms with Crippen LogP contribution in [0, 0.1) is 12.7 Å². The van der Waals surface area contributed by atoms with Crippen molar-refractivity contribution in [3.63, 3.8) is 0 Å². The van der Waals surface area contributed by atoms with Crippen LogP contribution in [0.2, 0.25) is 10.0 Å². The van der Waals surface area contributed by atoms with Gasteiger partial charge in [-0.2, -0.15) is 0 Å². The van der Waals surface area contributed by atoms with Crippen LogP contribution < -0.4 is 5.32 Å². The Bertz CT molecular complexity index is 907. The van der Waals surface area contributed by atoms with E-state index in [0.717, 1.165) is 16.8 Å². The fourth-order valence-electron chi connectivity index (χ4n) is 2.05. The first kappa shape index (κ1) is 17.0. The Morgan fingerprint density at radius 3 is 2.83 bits per heavy atom. The van der Waals surface area contributed by atoms with E-state index in [-0.39, 0.29) is 22.2 Å². The van der Waals surface area contributed by atoms with Crippen molar-refractivity contribution in [2.75, 3.05) is 0 Å². The molecule has 3 aromatic rings. The van der Waals surface area contributed by atoms with E-state index in [4.69, 9.17) is 27.6 Å². The maximum atomic E-state index is 13.5. The highest BCUT2D eigenvalue weighted by atomic mass is 35.5. The number of thiazole rings is 1. The van der Waals surface area contributed by atoms with Crippen LogP contribution in [0.15, 0.2) is 34.1 Å². The molecule has 0 radical (unpaired) electrons. The van der Waals surface area contributed by atoms with Gasteiger partial charge in [0.2, 0.25) is 0 Å². The van der Waals surface area contributed by atoms with E-state index in [1.54, 1.807) is 12.1 Å². The van der Waals surface area contributed by atoms with Gasteiger partial charge >= 0.3 is 0 Å². The quantitative estimate of drug-likeness (QED) is 0.637. The van der Waals surface area contributed by atoms with Crippen LogP contribution in [0.25, 0.3) is 11.5 Å². The molecule has 0 fully saturated rings. The van der Waals surface area contributed by atoms with E-state index in [0.29, 0.717) is 11.5 Å². The second kappa shape index (κ2) is 6.93. The summed E-state index contributed by atoms with van der Waals surface area (Å²) in [6, 6.07) is 5.73. The first-order chi connectivity index (χ1) is 11.4. The van der Waals surface area contributed by atoms with Gasteiger partial charge in [-0.3, -0.25) is 4.79 Å². The number of halogens is 3. The lowest BCUT2D eigenvalue weighted by Crippen LogP contribution is -2.23. The number of aryl methyl sites for hydroxylation is 1. The number of carbonyl (C=O) groups is 1. The van der Waals surface area contributed by atoms with Gasteiger partial charge in [0.1, 0.15) is 17.3 Å². The summed E-state index contributed by atoms with van der Waals surface area (Å²) in [5.74, 6) is -0.0443. The molecule has 2 heterocycles. The van der Waals surface area contributed by atoms with Crippen LogP contribution in [0.5, 0.6) is 0 Å². The van der Waals surface area contributed by atoms with E-state index in [2.05, 4.69) is 10.3 Å². The molecule has 24 heavy (non-hydrogen) atoms. The predicted molar refractivity (Wildman–Crippen MR) is 92.1 cm³/mol. The average Bonchev–Trinajstić information content (AvgIpc) is 3.17. The number of nitrogens with zero attached hydrogens (tertiary/aromatic N) is 1. The van der Waals surface area contributed by atoms with Gasteiger partial charge in [-0.25, -0.2) is 9.37 Å². The van der Waals surface area contributed by atoms with Gasteiger partial charge in [0.05, 0.1) is 27.2 Å². The Morgan fingerprint density at radius 1 is 1.33 bits per heavy atom. The molecular weight excluding hydrogens is 374 g/mol. The molecule has 0 unspecified atom stereocenters. The molecule has 0 aliphatic rings. The molecule has 8 heteroatoms. The molecule has 0 saturated heterocycles. The van der Waals surface area contributed by atoms with Gasteiger partial charge in [0.25, 0.3) is 5.91 Å². The molecule has 124 valence electrons. The minimum atomic E-state index is -0.703. The van der Waals surface area contributed by atoms with Crippen molar-refractivity contribution in [1.29, 1.82) is 0 Å². The number of aromatic nitrogens is 1. The van der Waals surface area contributed by atoms with Crippen LogP contribution in [0.3, 0.4) is 0 Å². The second-order valence-electron chi connectivity index (χ2n) is 4.95. The summed E-state index contributed by atoms with van der Waals surface area (Å²) in [6.07, 6.45) is 0. The summed E-state index contributed by atoms with van der Waals surface area (Å²) in [4.78, 5) is 16.5. The van der Waals surface area contributed by atoms with E-state index < -0.39 is 11.7 Å². The molecule has 0 spiro atoms. The zero-order valence-electron chi connectivity index (χ0n) is 12.4. The lowest BCUT2D eigenvalue weighted by atomic mass is 10.2. The van der Waals surface area contributed by atoms with E-state index in [1.807, 2.05) is 12.3 Å². The zero-order valence-corrected chi connectivity index (χ0v) is 14.7. The maximum Gasteiger partial charge on any atom is 0.253 e. The van der Waals surface area contributed by atoms with Gasteiger partial charge in [0, 0.05) is 5.38 Å². The van der Waals surface area contributed by atoms with E-state index in [9.17, 15) is 9.18 Å². The van der Waals surface area contributed by atoms with E-state index >= 15 is 0 Å². The lowest BCUT2D eigenvalue weighted by Gasteiger charge is -2.06. The number of benzene rings is 1. The molecule has 0 atom stereocenters. The summed E-state index contributed by atoms with van der Waals surface area (Å²) in [5.41, 5.74) is 0.762. The third-order valence-corrected chi connectivity index (χ3v) is 4.59. The van der Waals surface area contributed by atoms with E-state index in [1.165, 1.54) is 17.4 Å². The zero-order chi connectivity index (χ0) is 17.3. The monoisotopic (exact) mass is 384 g/mol. The fraction of sp³-hybridized carbons (Fsp3) is 0.125. The molecule has 1 amide bonds. The molecule has 0 aliphatic heterocycles. The first-order valence-electron chi connectivity index (χ1n) is 6.88. The van der Waals surface area contributed by atoms with Gasteiger partial charge in [-0.1, -0.05) is 23.2 Å². The second-order valence-corrected chi connectivity index (χ2v) is 6.82. The highest BCUT2D eigenvalue weighted by Gasteiger charge is 2.15. The number of nitrogens with one attached hydrogen (secondary N) is 1. The van der Waals surface area contributed by atoms with Crippen molar-refractivity contribution in [3.8, 4) is 11.5 Å². The van der Waals surface area contributed by atoms with Crippen molar-refractivity contribution in [1.82, 2.24) is 10.3 Å². The molecule has 3 rings (SSSR count). The Morgan fingerprint density at radius 2 is 2.12 bits per heavy atom. The van der Waals surface area contributed by atoms with Gasteiger partial charge in [-0.05, 0) is 31.2 Å². The Hall–Kier alpha value is -1.89. The summed E-state index contributed by atoms with van der Waals surface area (Å²) in [5, 5.41) is 5.41. The number of carbonyl (C=O) groups excluding carboxylic acids is 1. The van der Waals surface area contributed by atoms with Crippen LogP contribution in [-0.2, 0) is 6.54 Å². The minimum absolute atomic E-state index is 0.0143. The summed E-state index contributed by atoms with van der Waals surface area (Å²) < 4.78 is 19.1. The van der Waals surface area contributed by atoms with Crippen molar-refractivity contribution < 1.29 is 13.6 Å². The van der Waals surface area contributed by atoms with Gasteiger partial charge in [-0.15, -0.1) is 11.3 Å². The Labute approximate surface area is 151 Å². The third-order valence-electron chi connectivity index (χ3n) is 3.21. The molecule has 1 aromatic carbocycles. The smallest absolute Gasteiger partial charge is 0.253 e. The number of rotatable bonds is 4. The number of hydrogen-bond donors (Lipinski definition) is 1. The molecule has 4 nitrogen and oxygen atoms in total. The maximum absolute atomic E-state index is 13.5. The molecule has 1 N–H and O–H groups in total. The SMILES string of the molecule is Cc1nc(-c2ccc(CNC(=O)c3cc(F)c(Cl)cc3Cl)o2)cs1. The highest BCUT2D eigenvalue weighted by Crippen LogP contribution is 2.25. The van der Waals surface area contributed by atoms with Crippen molar-refractivity contribution in [2.24, 2.45) is 0 Å². The average molecular weight is 385 g/mol. The molecule has 2 aromatic heterocycles. The summed E-state index contributed by atoms with van der Waals surface area (Å²) in [6.45, 7) is 2.05. The standard InChI is InChI=1S/C16H11Cl2FN2O2S/c1-8-21-14(7-24-8)15-3-2-9(23-15)6-20-16(22)10-4-13(19)12(18)5-11(10)17/h2-5,7H,6H2,1H3,(H,20,22). The topological polar surface area (TPSA) is 55.1 Å². The normalized spacial score (nSPS) is 10.8. The lowest BCUT2D eigenvalue weighted by molar-refractivity contribution is 0.0948. The Balaban J connectivity index is 1.69. The predicted octanol–water partition coefficient (Wildman–Crippen LogP) is 5.09. The summed E-state index contributed by atoms with van der Waals surface area (Å²) in [7, 11) is 0. The fourth-order valence-corrected chi connectivity index (χ4v) is 3.12. The van der Waals surface area contributed by atoms with Crippen LogP contribution in [0.4, 0.5) is 4.39 Å². The molecule has 0 saturated carbocycles.